The van der Waals surface area contributed by atoms with Crippen LogP contribution in [0.25, 0.3) is 0 Å². The van der Waals surface area contributed by atoms with Crippen molar-refractivity contribution in [2.24, 2.45) is 5.92 Å². The summed E-state index contributed by atoms with van der Waals surface area (Å²) in [6.45, 7) is 0. The zero-order valence-electron chi connectivity index (χ0n) is 13.4. The molecule has 0 saturated carbocycles. The van der Waals surface area contributed by atoms with Crippen LogP contribution in [-0.4, -0.2) is 11.1 Å². The van der Waals surface area contributed by atoms with Crippen LogP contribution in [0.4, 0.5) is 5.69 Å². The number of nitrogens with one attached hydrogen (secondary N) is 1. The maximum atomic E-state index is 11.0. The van der Waals surface area contributed by atoms with Crippen LogP contribution in [0.3, 0.4) is 0 Å². The predicted molar refractivity (Wildman–Crippen MR) is 101 cm³/mol. The Morgan fingerprint density at radius 2 is 2.00 bits per heavy atom. The topological polar surface area (TPSA) is 49.3 Å². The van der Waals surface area contributed by atoms with Crippen LogP contribution in [0.5, 0.6) is 0 Å². The van der Waals surface area contributed by atoms with Crippen molar-refractivity contribution in [2.45, 2.75) is 24.8 Å². The molecule has 128 valence electrons. The standard InChI is InChI=1S/C20H17Cl2NO2/c21-12-5-6-15(17(22)10-12)20-14-3-1-2-13(14)16-8-11(9-19(24)25)4-7-18(16)23-20/h1-2,4-8,10,13-14,20,23H,3,9H2,(H,24,25)/t13-,14+,20+/m1/s1. The van der Waals surface area contributed by atoms with Gasteiger partial charge in [-0.3, -0.25) is 4.79 Å². The average molecular weight is 374 g/mol. The van der Waals surface area contributed by atoms with Crippen molar-refractivity contribution >= 4 is 34.9 Å². The van der Waals surface area contributed by atoms with Gasteiger partial charge in [-0.15, -0.1) is 0 Å². The Hall–Kier alpha value is -1.97. The smallest absolute Gasteiger partial charge is 0.307 e. The molecule has 5 heteroatoms. The van der Waals surface area contributed by atoms with Crippen molar-refractivity contribution in [3.05, 3.63) is 75.3 Å². The molecule has 0 unspecified atom stereocenters. The third kappa shape index (κ3) is 3.03. The molecule has 0 saturated heterocycles. The van der Waals surface area contributed by atoms with Gasteiger partial charge in [-0.1, -0.05) is 53.6 Å². The minimum Gasteiger partial charge on any atom is -0.481 e. The molecule has 2 aliphatic rings. The van der Waals surface area contributed by atoms with Crippen LogP contribution < -0.4 is 5.32 Å². The Morgan fingerprint density at radius 1 is 1.16 bits per heavy atom. The lowest BCUT2D eigenvalue weighted by Crippen LogP contribution is -2.29. The van der Waals surface area contributed by atoms with Crippen molar-refractivity contribution in [1.29, 1.82) is 0 Å². The highest BCUT2D eigenvalue weighted by atomic mass is 35.5. The lowest BCUT2D eigenvalue weighted by molar-refractivity contribution is -0.136. The van der Waals surface area contributed by atoms with E-state index in [2.05, 4.69) is 17.5 Å². The van der Waals surface area contributed by atoms with Gasteiger partial charge in [0.2, 0.25) is 0 Å². The number of carboxylic acids is 1. The lowest BCUT2D eigenvalue weighted by atomic mass is 9.76. The first kappa shape index (κ1) is 16.5. The van der Waals surface area contributed by atoms with Gasteiger partial charge in [0.1, 0.15) is 0 Å². The summed E-state index contributed by atoms with van der Waals surface area (Å²) in [7, 11) is 0. The molecular weight excluding hydrogens is 357 g/mol. The number of fused-ring (bicyclic) bond motifs is 3. The Bertz CT molecular complexity index is 878. The van der Waals surface area contributed by atoms with Crippen LogP contribution in [0.1, 0.15) is 35.1 Å². The van der Waals surface area contributed by atoms with Crippen LogP contribution >= 0.6 is 23.2 Å². The molecule has 0 bridgehead atoms. The Labute approximate surface area is 156 Å². The second-order valence-electron chi connectivity index (χ2n) is 6.63. The number of allylic oxidation sites excluding steroid dienone is 2. The lowest BCUT2D eigenvalue weighted by Gasteiger charge is -2.38. The first-order valence-electron chi connectivity index (χ1n) is 8.25. The van der Waals surface area contributed by atoms with Gasteiger partial charge in [0.15, 0.2) is 0 Å². The Balaban J connectivity index is 1.74. The monoisotopic (exact) mass is 373 g/mol. The molecular formula is C20H17Cl2NO2. The number of aliphatic carboxylic acids is 1. The van der Waals surface area contributed by atoms with E-state index < -0.39 is 5.97 Å². The number of benzene rings is 2. The Kier molecular flexibility index (Phi) is 4.22. The number of carboxylic acid groups (broad SMARTS) is 1. The van der Waals surface area contributed by atoms with E-state index in [1.807, 2.05) is 30.3 Å². The molecule has 2 aromatic carbocycles. The fraction of sp³-hybridized carbons (Fsp3) is 0.250. The number of hydrogen-bond donors (Lipinski definition) is 2. The largest absolute Gasteiger partial charge is 0.481 e. The molecule has 0 radical (unpaired) electrons. The molecule has 0 amide bonds. The van der Waals surface area contributed by atoms with Crippen molar-refractivity contribution < 1.29 is 9.90 Å². The molecule has 4 rings (SSSR count). The van der Waals surface area contributed by atoms with Gasteiger partial charge in [-0.05, 0) is 47.2 Å². The first-order valence-corrected chi connectivity index (χ1v) is 9.01. The zero-order chi connectivity index (χ0) is 17.6. The fourth-order valence-electron chi connectivity index (χ4n) is 3.99. The van der Waals surface area contributed by atoms with E-state index in [1.54, 1.807) is 6.07 Å². The van der Waals surface area contributed by atoms with Crippen molar-refractivity contribution in [1.82, 2.24) is 0 Å². The summed E-state index contributed by atoms with van der Waals surface area (Å²) in [4.78, 5) is 11.0. The molecule has 1 aliphatic heterocycles. The molecule has 25 heavy (non-hydrogen) atoms. The molecule has 3 nitrogen and oxygen atoms in total. The van der Waals surface area contributed by atoms with Crippen molar-refractivity contribution in [2.75, 3.05) is 5.32 Å². The molecule has 0 fully saturated rings. The highest BCUT2D eigenvalue weighted by Crippen LogP contribution is 2.51. The summed E-state index contributed by atoms with van der Waals surface area (Å²) in [5, 5.41) is 14.0. The maximum absolute atomic E-state index is 11.0. The summed E-state index contributed by atoms with van der Waals surface area (Å²) in [6, 6.07) is 11.6. The molecule has 0 spiro atoms. The minimum atomic E-state index is -0.812. The summed E-state index contributed by atoms with van der Waals surface area (Å²) < 4.78 is 0. The third-order valence-corrected chi connectivity index (χ3v) is 5.64. The van der Waals surface area contributed by atoms with E-state index in [9.17, 15) is 4.79 Å². The van der Waals surface area contributed by atoms with Crippen molar-refractivity contribution in [3.8, 4) is 0 Å². The summed E-state index contributed by atoms with van der Waals surface area (Å²) in [6.07, 6.45) is 5.43. The van der Waals surface area contributed by atoms with Crippen LogP contribution in [-0.2, 0) is 11.2 Å². The number of carbonyl (C=O) groups is 1. The van der Waals surface area contributed by atoms with E-state index in [0.717, 1.165) is 23.2 Å². The Morgan fingerprint density at radius 3 is 2.76 bits per heavy atom. The zero-order valence-corrected chi connectivity index (χ0v) is 14.9. The summed E-state index contributed by atoms with van der Waals surface area (Å²) in [5.74, 6) is -0.193. The first-order chi connectivity index (χ1) is 12.0. The molecule has 1 heterocycles. The van der Waals surface area contributed by atoms with Crippen LogP contribution in [0.15, 0.2) is 48.6 Å². The maximum Gasteiger partial charge on any atom is 0.307 e. The van der Waals surface area contributed by atoms with Gasteiger partial charge in [0.25, 0.3) is 0 Å². The van der Waals surface area contributed by atoms with E-state index in [1.165, 1.54) is 5.56 Å². The number of anilines is 1. The van der Waals surface area contributed by atoms with Crippen molar-refractivity contribution in [3.63, 3.8) is 0 Å². The van der Waals surface area contributed by atoms with E-state index >= 15 is 0 Å². The summed E-state index contributed by atoms with van der Waals surface area (Å²) >= 11 is 12.5. The molecule has 2 aromatic rings. The molecule has 2 N–H and O–H groups in total. The fourth-order valence-corrected chi connectivity index (χ4v) is 4.52. The molecule has 0 aromatic heterocycles. The van der Waals surface area contributed by atoms with Gasteiger partial charge in [-0.2, -0.15) is 0 Å². The van der Waals surface area contributed by atoms with Gasteiger partial charge < -0.3 is 10.4 Å². The number of halogens is 2. The van der Waals surface area contributed by atoms with E-state index in [-0.39, 0.29) is 18.4 Å². The van der Waals surface area contributed by atoms with E-state index in [4.69, 9.17) is 28.3 Å². The van der Waals surface area contributed by atoms with Gasteiger partial charge in [-0.25, -0.2) is 0 Å². The minimum absolute atomic E-state index is 0.0425. The third-order valence-electron chi connectivity index (χ3n) is 5.08. The highest BCUT2D eigenvalue weighted by molar-refractivity contribution is 6.35. The normalized spacial score (nSPS) is 23.7. The van der Waals surface area contributed by atoms with Gasteiger partial charge in [0, 0.05) is 21.7 Å². The SMILES string of the molecule is O=C(O)Cc1ccc2c(c1)[C@@H]1C=CC[C@@H]1[C@@H](c1ccc(Cl)cc1Cl)N2. The molecule has 1 aliphatic carbocycles. The second kappa shape index (κ2) is 6.40. The quantitative estimate of drug-likeness (QED) is 0.703. The van der Waals surface area contributed by atoms with Crippen LogP contribution in [0.2, 0.25) is 10.0 Å². The van der Waals surface area contributed by atoms with Gasteiger partial charge >= 0.3 is 5.97 Å². The van der Waals surface area contributed by atoms with Gasteiger partial charge in [0.05, 0.1) is 12.5 Å². The van der Waals surface area contributed by atoms with Crippen LogP contribution in [0, 0.1) is 5.92 Å². The molecule has 3 atom stereocenters. The predicted octanol–water partition coefficient (Wildman–Crippen LogP) is 5.45. The average Bonchev–Trinajstić information content (AvgIpc) is 3.04. The summed E-state index contributed by atoms with van der Waals surface area (Å²) in [5.41, 5.74) is 4.08. The van der Waals surface area contributed by atoms with E-state index in [0.29, 0.717) is 16.0 Å². The second-order valence-corrected chi connectivity index (χ2v) is 7.48. The number of rotatable bonds is 3. The highest BCUT2D eigenvalue weighted by Gasteiger charge is 2.38. The number of hydrogen-bond acceptors (Lipinski definition) is 2.